The van der Waals surface area contributed by atoms with E-state index >= 15 is 0 Å². The van der Waals surface area contributed by atoms with E-state index in [0.717, 1.165) is 12.6 Å². The largest absolute Gasteiger partial charge is 0.314 e. The SMILES string of the molecule is CCN1CCC(N(C)C(C)C(C)CNC(C)C)CC1. The molecule has 114 valence electrons. The molecule has 1 saturated heterocycles. The van der Waals surface area contributed by atoms with Crippen LogP contribution in [-0.2, 0) is 0 Å². The van der Waals surface area contributed by atoms with Gasteiger partial charge in [0.15, 0.2) is 0 Å². The van der Waals surface area contributed by atoms with E-state index in [0.29, 0.717) is 18.0 Å². The van der Waals surface area contributed by atoms with Crippen LogP contribution in [0.25, 0.3) is 0 Å². The fraction of sp³-hybridized carbons (Fsp3) is 1.00. The number of hydrogen-bond acceptors (Lipinski definition) is 3. The predicted molar refractivity (Wildman–Crippen MR) is 84.7 cm³/mol. The van der Waals surface area contributed by atoms with E-state index < -0.39 is 0 Å². The number of nitrogens with zero attached hydrogens (tertiary/aromatic N) is 2. The first kappa shape index (κ1) is 16.9. The van der Waals surface area contributed by atoms with Gasteiger partial charge >= 0.3 is 0 Å². The molecule has 1 rings (SSSR count). The Hall–Kier alpha value is -0.120. The number of rotatable bonds is 7. The lowest BCUT2D eigenvalue weighted by Crippen LogP contribution is -2.49. The first-order valence-electron chi connectivity index (χ1n) is 8.13. The summed E-state index contributed by atoms with van der Waals surface area (Å²) < 4.78 is 0. The standard InChI is InChI=1S/C16H35N3/c1-7-19-10-8-16(9-11-19)18(6)15(5)14(4)12-17-13(2)3/h13-17H,7-12H2,1-6H3. The molecule has 1 heterocycles. The van der Waals surface area contributed by atoms with Gasteiger partial charge in [0, 0.05) is 18.1 Å². The van der Waals surface area contributed by atoms with Gasteiger partial charge in [0.1, 0.15) is 0 Å². The van der Waals surface area contributed by atoms with Gasteiger partial charge in [-0.3, -0.25) is 0 Å². The minimum absolute atomic E-state index is 0.591. The van der Waals surface area contributed by atoms with Gasteiger partial charge in [0.25, 0.3) is 0 Å². The van der Waals surface area contributed by atoms with Crippen molar-refractivity contribution in [2.24, 2.45) is 5.92 Å². The van der Waals surface area contributed by atoms with E-state index in [1.165, 1.54) is 32.5 Å². The molecular formula is C16H35N3. The summed E-state index contributed by atoms with van der Waals surface area (Å²) in [6.45, 7) is 16.4. The Bertz CT molecular complexity index is 234. The number of nitrogens with one attached hydrogen (secondary N) is 1. The van der Waals surface area contributed by atoms with Gasteiger partial charge < -0.3 is 15.1 Å². The zero-order valence-electron chi connectivity index (χ0n) is 13.9. The monoisotopic (exact) mass is 269 g/mol. The van der Waals surface area contributed by atoms with Crippen molar-refractivity contribution in [3.05, 3.63) is 0 Å². The molecule has 0 saturated carbocycles. The van der Waals surface area contributed by atoms with Gasteiger partial charge in [-0.1, -0.05) is 27.7 Å². The zero-order valence-corrected chi connectivity index (χ0v) is 13.9. The van der Waals surface area contributed by atoms with Crippen molar-refractivity contribution in [3.63, 3.8) is 0 Å². The van der Waals surface area contributed by atoms with Crippen molar-refractivity contribution in [3.8, 4) is 0 Å². The second-order valence-electron chi connectivity index (χ2n) is 6.61. The van der Waals surface area contributed by atoms with Crippen LogP contribution in [0.2, 0.25) is 0 Å². The molecule has 0 aromatic rings. The van der Waals surface area contributed by atoms with Crippen molar-refractivity contribution >= 4 is 0 Å². The van der Waals surface area contributed by atoms with Gasteiger partial charge in [0.2, 0.25) is 0 Å². The predicted octanol–water partition coefficient (Wildman–Crippen LogP) is 2.43. The van der Waals surface area contributed by atoms with Crippen molar-refractivity contribution in [1.29, 1.82) is 0 Å². The molecule has 0 amide bonds. The normalized spacial score (nSPS) is 22.1. The second-order valence-corrected chi connectivity index (χ2v) is 6.61. The van der Waals surface area contributed by atoms with Gasteiger partial charge in [-0.25, -0.2) is 0 Å². The van der Waals surface area contributed by atoms with Crippen molar-refractivity contribution < 1.29 is 0 Å². The highest BCUT2D eigenvalue weighted by Crippen LogP contribution is 2.20. The highest BCUT2D eigenvalue weighted by molar-refractivity contribution is 4.83. The van der Waals surface area contributed by atoms with Crippen LogP contribution in [-0.4, -0.2) is 61.2 Å². The molecular weight excluding hydrogens is 234 g/mol. The van der Waals surface area contributed by atoms with Crippen LogP contribution < -0.4 is 5.32 Å². The van der Waals surface area contributed by atoms with Crippen LogP contribution in [0.4, 0.5) is 0 Å². The van der Waals surface area contributed by atoms with Gasteiger partial charge in [-0.2, -0.15) is 0 Å². The molecule has 0 aromatic carbocycles. The fourth-order valence-electron chi connectivity index (χ4n) is 2.97. The van der Waals surface area contributed by atoms with E-state index in [2.05, 4.69) is 56.8 Å². The Kier molecular flexibility index (Phi) is 7.33. The summed E-state index contributed by atoms with van der Waals surface area (Å²) in [4.78, 5) is 5.19. The molecule has 0 aromatic heterocycles. The van der Waals surface area contributed by atoms with Crippen LogP contribution in [0, 0.1) is 5.92 Å². The Labute approximate surface area is 120 Å². The molecule has 3 nitrogen and oxygen atoms in total. The quantitative estimate of drug-likeness (QED) is 0.766. The molecule has 0 radical (unpaired) electrons. The Morgan fingerprint density at radius 2 is 1.74 bits per heavy atom. The van der Waals surface area contributed by atoms with Crippen LogP contribution >= 0.6 is 0 Å². The lowest BCUT2D eigenvalue weighted by Gasteiger charge is -2.41. The first-order valence-corrected chi connectivity index (χ1v) is 8.13. The second kappa shape index (κ2) is 8.23. The maximum Gasteiger partial charge on any atom is 0.0119 e. The Morgan fingerprint density at radius 1 is 1.16 bits per heavy atom. The Balaban J connectivity index is 2.37. The van der Waals surface area contributed by atoms with E-state index in [1.54, 1.807) is 0 Å². The highest BCUT2D eigenvalue weighted by Gasteiger charge is 2.26. The molecule has 1 fully saturated rings. The van der Waals surface area contributed by atoms with Crippen LogP contribution in [0.1, 0.15) is 47.5 Å². The minimum atomic E-state index is 0.591. The van der Waals surface area contributed by atoms with Gasteiger partial charge in [-0.15, -0.1) is 0 Å². The average Bonchev–Trinajstić information content (AvgIpc) is 2.43. The molecule has 1 aliphatic heterocycles. The molecule has 1 N–H and O–H groups in total. The van der Waals surface area contributed by atoms with Crippen molar-refractivity contribution in [1.82, 2.24) is 15.1 Å². The molecule has 0 spiro atoms. The van der Waals surface area contributed by atoms with Crippen molar-refractivity contribution in [2.45, 2.75) is 65.6 Å². The molecule has 2 atom stereocenters. The highest BCUT2D eigenvalue weighted by atomic mass is 15.2. The third kappa shape index (κ3) is 5.41. The summed E-state index contributed by atoms with van der Waals surface area (Å²) in [7, 11) is 2.32. The van der Waals surface area contributed by atoms with Gasteiger partial charge in [-0.05, 0) is 58.9 Å². The average molecular weight is 269 g/mol. The summed E-state index contributed by atoms with van der Waals surface area (Å²) in [5.41, 5.74) is 0. The summed E-state index contributed by atoms with van der Waals surface area (Å²) >= 11 is 0. The zero-order chi connectivity index (χ0) is 14.4. The number of hydrogen-bond donors (Lipinski definition) is 1. The summed E-state index contributed by atoms with van der Waals surface area (Å²) in [5, 5.41) is 3.57. The maximum atomic E-state index is 3.57. The third-order valence-corrected chi connectivity index (χ3v) is 4.89. The van der Waals surface area contributed by atoms with E-state index in [1.807, 2.05) is 0 Å². The number of likely N-dealkylation sites (tertiary alicyclic amines) is 1. The third-order valence-electron chi connectivity index (χ3n) is 4.89. The summed E-state index contributed by atoms with van der Waals surface area (Å²) in [6, 6.07) is 2.02. The summed E-state index contributed by atoms with van der Waals surface area (Å²) in [5.74, 6) is 0.705. The molecule has 0 aliphatic carbocycles. The molecule has 19 heavy (non-hydrogen) atoms. The van der Waals surface area contributed by atoms with Crippen LogP contribution in [0.3, 0.4) is 0 Å². The maximum absolute atomic E-state index is 3.57. The number of piperidine rings is 1. The smallest absolute Gasteiger partial charge is 0.0119 e. The topological polar surface area (TPSA) is 18.5 Å². The van der Waals surface area contributed by atoms with Gasteiger partial charge in [0.05, 0.1) is 0 Å². The van der Waals surface area contributed by atoms with E-state index in [4.69, 9.17) is 0 Å². The summed E-state index contributed by atoms with van der Waals surface area (Å²) in [6.07, 6.45) is 2.66. The molecule has 1 aliphatic rings. The lowest BCUT2D eigenvalue weighted by atomic mass is 9.96. The van der Waals surface area contributed by atoms with Crippen LogP contribution in [0.15, 0.2) is 0 Å². The van der Waals surface area contributed by atoms with E-state index in [-0.39, 0.29) is 0 Å². The Morgan fingerprint density at radius 3 is 2.21 bits per heavy atom. The van der Waals surface area contributed by atoms with E-state index in [9.17, 15) is 0 Å². The first-order chi connectivity index (χ1) is 8.95. The van der Waals surface area contributed by atoms with Crippen LogP contribution in [0.5, 0.6) is 0 Å². The molecule has 3 heteroatoms. The lowest BCUT2D eigenvalue weighted by molar-refractivity contribution is 0.0830. The fourth-order valence-corrected chi connectivity index (χ4v) is 2.97. The minimum Gasteiger partial charge on any atom is -0.314 e. The molecule has 2 unspecified atom stereocenters. The molecule has 0 bridgehead atoms. The van der Waals surface area contributed by atoms with Crippen molar-refractivity contribution in [2.75, 3.05) is 33.2 Å².